The molecule has 1 aromatic rings. The number of fused-ring (bicyclic) bond motifs is 1. The highest BCUT2D eigenvalue weighted by Crippen LogP contribution is 2.25. The zero-order valence-corrected chi connectivity index (χ0v) is 16.2. The first-order valence-electron chi connectivity index (χ1n) is 8.88. The molecule has 26 heavy (non-hydrogen) atoms. The summed E-state index contributed by atoms with van der Waals surface area (Å²) in [6.07, 6.45) is 1.54. The number of hydrogen-bond donors (Lipinski definition) is 1. The number of amides is 2. The number of benzene rings is 1. The molecule has 0 bridgehead atoms. The minimum Gasteiger partial charge on any atom is -0.344 e. The van der Waals surface area contributed by atoms with Gasteiger partial charge in [-0.15, -0.1) is 0 Å². The van der Waals surface area contributed by atoms with Crippen molar-refractivity contribution in [2.75, 3.05) is 13.6 Å². The SMILES string of the molecule is CC(C)N(C)S(=O)(=O)c1ccc2c(c1)CCN(C(=O)[C@H]1CCC(=O)N1)C2. The van der Waals surface area contributed by atoms with Crippen LogP contribution in [-0.4, -0.2) is 55.1 Å². The lowest BCUT2D eigenvalue weighted by Gasteiger charge is -2.31. The van der Waals surface area contributed by atoms with Crippen molar-refractivity contribution in [1.82, 2.24) is 14.5 Å². The first-order chi connectivity index (χ1) is 12.2. The second-order valence-corrected chi connectivity index (χ2v) is 9.21. The van der Waals surface area contributed by atoms with Gasteiger partial charge in [-0.3, -0.25) is 9.59 Å². The van der Waals surface area contributed by atoms with Crippen LogP contribution in [0.5, 0.6) is 0 Å². The van der Waals surface area contributed by atoms with Crippen LogP contribution < -0.4 is 5.32 Å². The van der Waals surface area contributed by atoms with E-state index in [1.807, 2.05) is 13.8 Å². The van der Waals surface area contributed by atoms with E-state index in [2.05, 4.69) is 5.32 Å². The van der Waals surface area contributed by atoms with Crippen molar-refractivity contribution in [2.45, 2.75) is 56.6 Å². The lowest BCUT2D eigenvalue weighted by atomic mass is 9.99. The third-order valence-electron chi connectivity index (χ3n) is 5.20. The van der Waals surface area contributed by atoms with Crippen molar-refractivity contribution < 1.29 is 18.0 Å². The van der Waals surface area contributed by atoms with Crippen LogP contribution in [-0.2, 0) is 32.6 Å². The van der Waals surface area contributed by atoms with E-state index in [4.69, 9.17) is 0 Å². The van der Waals surface area contributed by atoms with Gasteiger partial charge in [0.15, 0.2) is 0 Å². The molecule has 1 N–H and O–H groups in total. The summed E-state index contributed by atoms with van der Waals surface area (Å²) in [4.78, 5) is 25.9. The molecule has 0 spiro atoms. The van der Waals surface area contributed by atoms with Gasteiger partial charge in [-0.1, -0.05) is 6.07 Å². The molecule has 2 amide bonds. The van der Waals surface area contributed by atoms with Crippen LogP contribution in [0.15, 0.2) is 23.1 Å². The zero-order valence-electron chi connectivity index (χ0n) is 15.4. The van der Waals surface area contributed by atoms with Crippen molar-refractivity contribution in [3.63, 3.8) is 0 Å². The fourth-order valence-corrected chi connectivity index (χ4v) is 4.76. The Morgan fingerprint density at radius 3 is 2.62 bits per heavy atom. The van der Waals surface area contributed by atoms with Crippen LogP contribution >= 0.6 is 0 Å². The van der Waals surface area contributed by atoms with Gasteiger partial charge in [0.1, 0.15) is 6.04 Å². The summed E-state index contributed by atoms with van der Waals surface area (Å²) in [5.74, 6) is -0.136. The van der Waals surface area contributed by atoms with E-state index >= 15 is 0 Å². The van der Waals surface area contributed by atoms with Crippen molar-refractivity contribution in [3.8, 4) is 0 Å². The highest BCUT2D eigenvalue weighted by atomic mass is 32.2. The molecule has 0 saturated carbocycles. The maximum atomic E-state index is 12.7. The van der Waals surface area contributed by atoms with E-state index in [1.54, 1.807) is 30.1 Å². The maximum Gasteiger partial charge on any atom is 0.245 e. The topological polar surface area (TPSA) is 86.8 Å². The van der Waals surface area contributed by atoms with Crippen LogP contribution in [0.2, 0.25) is 0 Å². The number of carbonyl (C=O) groups excluding carboxylic acids is 2. The number of rotatable bonds is 4. The molecule has 7 nitrogen and oxygen atoms in total. The van der Waals surface area contributed by atoms with Gasteiger partial charge >= 0.3 is 0 Å². The van der Waals surface area contributed by atoms with E-state index in [-0.39, 0.29) is 22.8 Å². The smallest absolute Gasteiger partial charge is 0.245 e. The summed E-state index contributed by atoms with van der Waals surface area (Å²) < 4.78 is 26.7. The van der Waals surface area contributed by atoms with E-state index < -0.39 is 16.1 Å². The minimum atomic E-state index is -3.52. The summed E-state index contributed by atoms with van der Waals surface area (Å²) in [6, 6.07) is 4.58. The fraction of sp³-hybridized carbons (Fsp3) is 0.556. The fourth-order valence-electron chi connectivity index (χ4n) is 3.34. The lowest BCUT2D eigenvalue weighted by Crippen LogP contribution is -2.46. The number of carbonyl (C=O) groups is 2. The molecular formula is C18H25N3O4S. The molecule has 0 aromatic heterocycles. The largest absolute Gasteiger partial charge is 0.344 e. The minimum absolute atomic E-state index is 0.0576. The number of sulfonamides is 1. The van der Waals surface area contributed by atoms with Crippen LogP contribution in [0.1, 0.15) is 37.8 Å². The van der Waals surface area contributed by atoms with E-state index in [0.29, 0.717) is 32.4 Å². The van der Waals surface area contributed by atoms with Gasteiger partial charge in [-0.2, -0.15) is 4.31 Å². The Hall–Kier alpha value is -1.93. The zero-order chi connectivity index (χ0) is 19.1. The van der Waals surface area contributed by atoms with E-state index in [9.17, 15) is 18.0 Å². The summed E-state index contributed by atoms with van der Waals surface area (Å²) in [7, 11) is -1.94. The second kappa shape index (κ2) is 7.00. The van der Waals surface area contributed by atoms with Crippen LogP contribution in [0.3, 0.4) is 0 Å². The summed E-state index contributed by atoms with van der Waals surface area (Å²) >= 11 is 0. The number of nitrogens with one attached hydrogen (secondary N) is 1. The molecule has 1 saturated heterocycles. The molecule has 8 heteroatoms. The molecule has 1 aromatic carbocycles. The first kappa shape index (κ1) is 18.8. The Balaban J connectivity index is 1.77. The molecule has 0 unspecified atom stereocenters. The Labute approximate surface area is 154 Å². The molecule has 1 fully saturated rings. The lowest BCUT2D eigenvalue weighted by molar-refractivity contribution is -0.135. The molecule has 2 aliphatic rings. The summed E-state index contributed by atoms with van der Waals surface area (Å²) in [6.45, 7) is 4.64. The Kier molecular flexibility index (Phi) is 5.07. The molecule has 2 aliphatic heterocycles. The van der Waals surface area contributed by atoms with Crippen LogP contribution in [0.25, 0.3) is 0 Å². The summed E-state index contributed by atoms with van der Waals surface area (Å²) in [5.41, 5.74) is 1.92. The molecule has 3 rings (SSSR count). The molecular weight excluding hydrogens is 354 g/mol. The highest BCUT2D eigenvalue weighted by Gasteiger charge is 2.32. The van der Waals surface area contributed by atoms with Gasteiger partial charge in [0.2, 0.25) is 21.8 Å². The third kappa shape index (κ3) is 3.48. The molecule has 142 valence electrons. The first-order valence-corrected chi connectivity index (χ1v) is 10.3. The molecule has 1 atom stereocenters. The second-order valence-electron chi connectivity index (χ2n) is 7.21. The standard InChI is InChI=1S/C18H25N3O4S/c1-12(2)20(3)26(24,25)15-5-4-14-11-21(9-8-13(14)10-15)18(23)16-6-7-17(22)19-16/h4-5,10,12,16H,6-9,11H2,1-3H3,(H,19,22)/t16-/m1/s1. The van der Waals surface area contributed by atoms with E-state index in [1.165, 1.54) is 4.31 Å². The van der Waals surface area contributed by atoms with Gasteiger partial charge in [0.05, 0.1) is 4.90 Å². The number of hydrogen-bond acceptors (Lipinski definition) is 4. The van der Waals surface area contributed by atoms with Gasteiger partial charge in [-0.25, -0.2) is 8.42 Å². The Bertz CT molecular complexity index is 835. The Morgan fingerprint density at radius 1 is 1.27 bits per heavy atom. The van der Waals surface area contributed by atoms with Gasteiger partial charge < -0.3 is 10.2 Å². The van der Waals surface area contributed by atoms with Crippen LogP contribution in [0, 0.1) is 0 Å². The predicted molar refractivity (Wildman–Crippen MR) is 96.8 cm³/mol. The van der Waals surface area contributed by atoms with Crippen molar-refractivity contribution in [2.24, 2.45) is 0 Å². The van der Waals surface area contributed by atoms with Crippen molar-refractivity contribution >= 4 is 21.8 Å². The van der Waals surface area contributed by atoms with Gasteiger partial charge in [0, 0.05) is 32.6 Å². The highest BCUT2D eigenvalue weighted by molar-refractivity contribution is 7.89. The normalized spacial score (nSPS) is 20.4. The molecule has 0 aliphatic carbocycles. The Morgan fingerprint density at radius 2 is 2.00 bits per heavy atom. The summed E-state index contributed by atoms with van der Waals surface area (Å²) in [5, 5.41) is 2.71. The molecule has 2 heterocycles. The quantitative estimate of drug-likeness (QED) is 0.841. The van der Waals surface area contributed by atoms with E-state index in [0.717, 1.165) is 11.1 Å². The van der Waals surface area contributed by atoms with Crippen LogP contribution in [0.4, 0.5) is 0 Å². The third-order valence-corrected chi connectivity index (χ3v) is 7.23. The van der Waals surface area contributed by atoms with Crippen molar-refractivity contribution in [3.05, 3.63) is 29.3 Å². The van der Waals surface area contributed by atoms with Gasteiger partial charge in [0.25, 0.3) is 0 Å². The van der Waals surface area contributed by atoms with Crippen molar-refractivity contribution in [1.29, 1.82) is 0 Å². The van der Waals surface area contributed by atoms with Gasteiger partial charge in [-0.05, 0) is 49.9 Å². The predicted octanol–water partition coefficient (Wildman–Crippen LogP) is 0.879. The maximum absolute atomic E-state index is 12.7. The average Bonchev–Trinajstić information content (AvgIpc) is 3.05. The monoisotopic (exact) mass is 379 g/mol. The average molecular weight is 379 g/mol. The molecule has 0 radical (unpaired) electrons. The number of nitrogens with zero attached hydrogens (tertiary/aromatic N) is 2.